The Morgan fingerprint density at radius 3 is 2.50 bits per heavy atom. The molecule has 1 amide bonds. The number of carbonyl (C=O) groups excluding carboxylic acids is 2. The quantitative estimate of drug-likeness (QED) is 0.495. The summed E-state index contributed by atoms with van der Waals surface area (Å²) in [5, 5.41) is 7.78. The third-order valence-corrected chi connectivity index (χ3v) is 5.22. The zero-order valence-electron chi connectivity index (χ0n) is 16.2. The Balaban J connectivity index is 1.69. The lowest BCUT2D eigenvalue weighted by Gasteiger charge is -2.14. The van der Waals surface area contributed by atoms with E-state index in [1.807, 2.05) is 30.3 Å². The Morgan fingerprint density at radius 2 is 1.83 bits per heavy atom. The first-order valence-electron chi connectivity index (χ1n) is 9.00. The molecule has 2 aromatic carbocycles. The fraction of sp³-hybridized carbons (Fsp3) is 0.190. The Labute approximate surface area is 188 Å². The lowest BCUT2D eigenvalue weighted by atomic mass is 10.2. The molecule has 9 heteroatoms. The Kier molecular flexibility index (Phi) is 7.02. The van der Waals surface area contributed by atoms with Crippen LogP contribution in [0.4, 0.5) is 5.69 Å². The van der Waals surface area contributed by atoms with E-state index in [0.29, 0.717) is 22.9 Å². The number of esters is 1. The molecule has 0 unspecified atom stereocenters. The number of hydrogen-bond donors (Lipinski definition) is 1. The summed E-state index contributed by atoms with van der Waals surface area (Å²) in [6, 6.07) is 14.2. The van der Waals surface area contributed by atoms with Crippen molar-refractivity contribution < 1.29 is 14.3 Å². The molecule has 3 rings (SSSR count). The second kappa shape index (κ2) is 9.51. The summed E-state index contributed by atoms with van der Waals surface area (Å²) >= 11 is 18.3. The van der Waals surface area contributed by atoms with Gasteiger partial charge in [0, 0.05) is 5.02 Å². The number of rotatable bonds is 6. The van der Waals surface area contributed by atoms with E-state index in [1.165, 1.54) is 17.7 Å². The highest BCUT2D eigenvalue weighted by Gasteiger charge is 2.26. The molecule has 3 aromatic rings. The monoisotopic (exact) mass is 465 g/mol. The molecule has 0 radical (unpaired) electrons. The molecule has 0 aliphatic heterocycles. The molecule has 1 aromatic heterocycles. The van der Waals surface area contributed by atoms with Crippen LogP contribution in [-0.4, -0.2) is 27.8 Å². The van der Waals surface area contributed by atoms with Gasteiger partial charge < -0.3 is 10.1 Å². The van der Waals surface area contributed by atoms with Crippen molar-refractivity contribution in [2.45, 2.75) is 26.5 Å². The molecule has 1 heterocycles. The molecule has 0 saturated heterocycles. The number of nitrogens with zero attached hydrogens (tertiary/aromatic N) is 2. The van der Waals surface area contributed by atoms with Gasteiger partial charge in [0.05, 0.1) is 22.9 Å². The smallest absolute Gasteiger partial charge is 0.343 e. The minimum atomic E-state index is -1.09. The number of aromatic nitrogens is 2. The van der Waals surface area contributed by atoms with Crippen molar-refractivity contribution in [3.05, 3.63) is 80.6 Å². The third-order valence-electron chi connectivity index (χ3n) is 4.29. The largest absolute Gasteiger partial charge is 0.449 e. The Hall–Kier alpha value is -2.54. The van der Waals surface area contributed by atoms with Gasteiger partial charge in [-0.1, -0.05) is 65.1 Å². The van der Waals surface area contributed by atoms with Crippen LogP contribution in [0.5, 0.6) is 0 Å². The predicted octanol–water partition coefficient (Wildman–Crippen LogP) is 5.38. The SMILES string of the molecule is Cc1nn(Cc2ccccc2)c(Cl)c1C(=O)O[C@@H](C)C(=O)Nc1ccc(Cl)cc1Cl. The van der Waals surface area contributed by atoms with Crippen molar-refractivity contribution in [2.24, 2.45) is 0 Å². The van der Waals surface area contributed by atoms with Crippen LogP contribution in [-0.2, 0) is 16.1 Å². The van der Waals surface area contributed by atoms with Gasteiger partial charge in [0.1, 0.15) is 10.7 Å². The van der Waals surface area contributed by atoms with Crippen molar-refractivity contribution in [1.29, 1.82) is 0 Å². The van der Waals surface area contributed by atoms with Crippen molar-refractivity contribution in [2.75, 3.05) is 5.32 Å². The van der Waals surface area contributed by atoms with E-state index < -0.39 is 18.0 Å². The van der Waals surface area contributed by atoms with E-state index in [9.17, 15) is 9.59 Å². The summed E-state index contributed by atoms with van der Waals surface area (Å²) in [4.78, 5) is 25.0. The Morgan fingerprint density at radius 1 is 1.13 bits per heavy atom. The summed E-state index contributed by atoms with van der Waals surface area (Å²) < 4.78 is 6.82. The van der Waals surface area contributed by atoms with Crippen molar-refractivity contribution in [3.63, 3.8) is 0 Å². The number of benzene rings is 2. The number of nitrogens with one attached hydrogen (secondary N) is 1. The molecular formula is C21H18Cl3N3O3. The van der Waals surface area contributed by atoms with E-state index in [0.717, 1.165) is 5.56 Å². The first-order chi connectivity index (χ1) is 14.3. The molecule has 0 fully saturated rings. The molecular weight excluding hydrogens is 449 g/mol. The summed E-state index contributed by atoms with van der Waals surface area (Å²) in [5.74, 6) is -1.28. The van der Waals surface area contributed by atoms with Crippen LogP contribution in [0.1, 0.15) is 28.5 Å². The fourth-order valence-electron chi connectivity index (χ4n) is 2.74. The second-order valence-electron chi connectivity index (χ2n) is 6.56. The van der Waals surface area contributed by atoms with E-state index in [1.54, 1.807) is 19.1 Å². The van der Waals surface area contributed by atoms with E-state index in [4.69, 9.17) is 39.5 Å². The summed E-state index contributed by atoms with van der Waals surface area (Å²) in [6.07, 6.45) is -1.09. The Bertz CT molecular complexity index is 1080. The van der Waals surface area contributed by atoms with Crippen molar-refractivity contribution >= 4 is 52.4 Å². The molecule has 0 bridgehead atoms. The number of amides is 1. The molecule has 0 saturated carbocycles. The molecule has 1 N–H and O–H groups in total. The highest BCUT2D eigenvalue weighted by atomic mass is 35.5. The predicted molar refractivity (Wildman–Crippen MR) is 117 cm³/mol. The normalized spacial score (nSPS) is 11.8. The third kappa shape index (κ3) is 5.14. The average Bonchev–Trinajstić information content (AvgIpc) is 2.97. The summed E-state index contributed by atoms with van der Waals surface area (Å²) in [6.45, 7) is 3.51. The van der Waals surface area contributed by atoms with Gasteiger partial charge in [0.2, 0.25) is 0 Å². The van der Waals surface area contributed by atoms with Crippen LogP contribution < -0.4 is 5.32 Å². The van der Waals surface area contributed by atoms with Gasteiger partial charge in [0.15, 0.2) is 6.10 Å². The zero-order valence-corrected chi connectivity index (χ0v) is 18.4. The van der Waals surface area contributed by atoms with Crippen LogP contribution in [0.3, 0.4) is 0 Å². The standard InChI is InChI=1S/C21H18Cl3N3O3/c1-12-18(19(24)27(26-12)11-14-6-4-3-5-7-14)21(29)30-13(2)20(28)25-17-9-8-15(22)10-16(17)23/h3-10,13H,11H2,1-2H3,(H,25,28)/t13-/m0/s1. The van der Waals surface area contributed by atoms with Crippen molar-refractivity contribution in [3.8, 4) is 0 Å². The maximum Gasteiger partial charge on any atom is 0.343 e. The van der Waals surface area contributed by atoms with Crippen LogP contribution in [0, 0.1) is 6.92 Å². The van der Waals surface area contributed by atoms with Gasteiger partial charge in [0.25, 0.3) is 5.91 Å². The zero-order chi connectivity index (χ0) is 21.8. The highest BCUT2D eigenvalue weighted by Crippen LogP contribution is 2.26. The number of carbonyl (C=O) groups is 2. The average molecular weight is 467 g/mol. The van der Waals surface area contributed by atoms with Gasteiger partial charge in [-0.15, -0.1) is 0 Å². The second-order valence-corrected chi connectivity index (χ2v) is 7.76. The number of halogens is 3. The number of aryl methyl sites for hydroxylation is 1. The maximum atomic E-state index is 12.6. The molecule has 30 heavy (non-hydrogen) atoms. The van der Waals surface area contributed by atoms with Crippen LogP contribution >= 0.6 is 34.8 Å². The first kappa shape index (κ1) is 22.2. The highest BCUT2D eigenvalue weighted by molar-refractivity contribution is 6.36. The number of ether oxygens (including phenoxy) is 1. The van der Waals surface area contributed by atoms with Gasteiger partial charge in [-0.3, -0.25) is 4.79 Å². The van der Waals surface area contributed by atoms with Gasteiger partial charge >= 0.3 is 5.97 Å². The van der Waals surface area contributed by atoms with Gasteiger partial charge in [-0.05, 0) is 37.6 Å². The molecule has 0 spiro atoms. The molecule has 1 atom stereocenters. The van der Waals surface area contributed by atoms with E-state index >= 15 is 0 Å². The minimum Gasteiger partial charge on any atom is -0.449 e. The maximum absolute atomic E-state index is 12.6. The molecule has 6 nitrogen and oxygen atoms in total. The van der Waals surface area contributed by atoms with E-state index in [2.05, 4.69) is 10.4 Å². The first-order valence-corrected chi connectivity index (χ1v) is 10.1. The number of anilines is 1. The summed E-state index contributed by atoms with van der Waals surface area (Å²) in [5.41, 5.74) is 1.87. The molecule has 156 valence electrons. The van der Waals surface area contributed by atoms with E-state index in [-0.39, 0.29) is 15.7 Å². The van der Waals surface area contributed by atoms with Crippen LogP contribution in [0.15, 0.2) is 48.5 Å². The van der Waals surface area contributed by atoms with Gasteiger partial charge in [-0.2, -0.15) is 5.10 Å². The topological polar surface area (TPSA) is 73.2 Å². The number of hydrogen-bond acceptors (Lipinski definition) is 4. The molecule has 0 aliphatic carbocycles. The minimum absolute atomic E-state index is 0.122. The summed E-state index contributed by atoms with van der Waals surface area (Å²) in [7, 11) is 0. The van der Waals surface area contributed by atoms with Gasteiger partial charge in [-0.25, -0.2) is 9.48 Å². The lowest BCUT2D eigenvalue weighted by molar-refractivity contribution is -0.123. The van der Waals surface area contributed by atoms with Crippen LogP contribution in [0.25, 0.3) is 0 Å². The molecule has 0 aliphatic rings. The van der Waals surface area contributed by atoms with Crippen LogP contribution in [0.2, 0.25) is 15.2 Å². The van der Waals surface area contributed by atoms with Crippen molar-refractivity contribution in [1.82, 2.24) is 9.78 Å². The fourth-order valence-corrected chi connectivity index (χ4v) is 3.51. The lowest BCUT2D eigenvalue weighted by Crippen LogP contribution is -2.30.